The molecule has 2 aliphatic carbocycles. The summed E-state index contributed by atoms with van der Waals surface area (Å²) in [4.78, 5) is 13.0. The summed E-state index contributed by atoms with van der Waals surface area (Å²) in [7, 11) is -3.68. The second kappa shape index (κ2) is 7.92. The Bertz CT molecular complexity index is 858. The smallest absolute Gasteiger partial charge is 0.317 e. The van der Waals surface area contributed by atoms with E-state index >= 15 is 0 Å². The molecule has 2 aliphatic rings. The van der Waals surface area contributed by atoms with Crippen LogP contribution in [0, 0.1) is 23.1 Å². The third kappa shape index (κ3) is 5.48. The average molecular weight is 395 g/mol. The molecule has 0 heterocycles. The molecule has 0 unspecified atom stereocenters. The fourth-order valence-corrected chi connectivity index (χ4v) is 4.85. The number of carbonyl (C=O) groups is 1. The summed E-state index contributed by atoms with van der Waals surface area (Å²) >= 11 is 0. The number of nitrogens with one attached hydrogen (secondary N) is 1. The third-order valence-electron chi connectivity index (χ3n) is 5.04. The van der Waals surface area contributed by atoms with Gasteiger partial charge in [0.05, 0.1) is 23.9 Å². The highest BCUT2D eigenvalue weighted by atomic mass is 32.2. The van der Waals surface area contributed by atoms with E-state index in [1.165, 1.54) is 6.07 Å². The van der Waals surface area contributed by atoms with Crippen molar-refractivity contribution in [1.82, 2.24) is 9.62 Å². The number of carboxylic acid groups (broad SMARTS) is 1. The molecule has 27 heavy (non-hydrogen) atoms. The predicted octanol–water partition coefficient (Wildman–Crippen LogP) is 1.44. The molecule has 0 amide bonds. The first-order valence-electron chi connectivity index (χ1n) is 8.90. The van der Waals surface area contributed by atoms with Gasteiger partial charge in [-0.15, -0.1) is 0 Å². The van der Waals surface area contributed by atoms with E-state index in [9.17, 15) is 17.6 Å². The summed E-state index contributed by atoms with van der Waals surface area (Å²) < 4.78 is 40.5. The van der Waals surface area contributed by atoms with Crippen LogP contribution >= 0.6 is 0 Å². The number of benzene rings is 1. The number of carboxylic acids is 1. The summed E-state index contributed by atoms with van der Waals surface area (Å²) in [5.74, 6) is -1.29. The van der Waals surface area contributed by atoms with Crippen molar-refractivity contribution in [3.63, 3.8) is 0 Å². The summed E-state index contributed by atoms with van der Waals surface area (Å²) in [5, 5.41) is 18.1. The molecule has 0 spiro atoms. The minimum absolute atomic E-state index is 0.00364. The van der Waals surface area contributed by atoms with E-state index in [0.29, 0.717) is 18.8 Å². The van der Waals surface area contributed by atoms with Gasteiger partial charge in [-0.1, -0.05) is 6.07 Å². The fraction of sp³-hybridized carbons (Fsp3) is 0.556. The molecule has 0 saturated heterocycles. The van der Waals surface area contributed by atoms with Crippen LogP contribution in [0.3, 0.4) is 0 Å². The lowest BCUT2D eigenvalue weighted by atomic mass is 9.86. The van der Waals surface area contributed by atoms with Gasteiger partial charge in [0.15, 0.2) is 0 Å². The zero-order valence-electron chi connectivity index (χ0n) is 14.8. The Balaban J connectivity index is 1.55. The topological polar surface area (TPSA) is 110 Å². The Hall–Kier alpha value is -2.02. The van der Waals surface area contributed by atoms with Gasteiger partial charge in [-0.05, 0) is 49.3 Å². The monoisotopic (exact) mass is 395 g/mol. The van der Waals surface area contributed by atoms with Crippen molar-refractivity contribution in [3.8, 4) is 6.07 Å². The molecule has 9 heteroatoms. The quantitative estimate of drug-likeness (QED) is 0.655. The number of aliphatic carboxylic acids is 1. The summed E-state index contributed by atoms with van der Waals surface area (Å²) in [6.07, 6.45) is 3.37. The van der Waals surface area contributed by atoms with Crippen LogP contribution < -0.4 is 4.72 Å². The Labute approximate surface area is 157 Å². The van der Waals surface area contributed by atoms with Gasteiger partial charge < -0.3 is 5.11 Å². The zero-order valence-corrected chi connectivity index (χ0v) is 15.6. The third-order valence-corrected chi connectivity index (χ3v) is 6.43. The first kappa shape index (κ1) is 19.7. The van der Waals surface area contributed by atoms with E-state index < -0.39 is 27.6 Å². The van der Waals surface area contributed by atoms with Gasteiger partial charge in [0.25, 0.3) is 0 Å². The number of halogens is 1. The van der Waals surface area contributed by atoms with Crippen molar-refractivity contribution in [1.29, 1.82) is 5.26 Å². The average Bonchev–Trinajstić information content (AvgIpc) is 3.35. The first-order valence-corrected chi connectivity index (χ1v) is 10.6. The first-order chi connectivity index (χ1) is 12.8. The van der Waals surface area contributed by atoms with Crippen LogP contribution in [0.1, 0.15) is 36.8 Å². The van der Waals surface area contributed by atoms with Gasteiger partial charge in [-0.2, -0.15) is 5.26 Å². The summed E-state index contributed by atoms with van der Waals surface area (Å²) in [6.45, 7) is 0.722. The minimum Gasteiger partial charge on any atom is -0.480 e. The molecule has 3 rings (SSSR count). The lowest BCUT2D eigenvalue weighted by Crippen LogP contribution is -2.55. The zero-order chi connectivity index (χ0) is 19.6. The SMILES string of the molecule is N#Cc1cc(F)ccc1CS(=O)(=O)NC1CC(N(CC(=O)O)CC2CC2)C1. The maximum absolute atomic E-state index is 13.2. The lowest BCUT2D eigenvalue weighted by molar-refractivity contribution is -0.139. The van der Waals surface area contributed by atoms with Gasteiger partial charge in [0.1, 0.15) is 5.82 Å². The Kier molecular flexibility index (Phi) is 5.79. The fourth-order valence-electron chi connectivity index (χ4n) is 3.41. The summed E-state index contributed by atoms with van der Waals surface area (Å²) in [6, 6.07) is 5.08. The number of sulfonamides is 1. The molecule has 0 atom stereocenters. The van der Waals surface area contributed by atoms with Crippen LogP contribution in [0.2, 0.25) is 0 Å². The Morgan fingerprint density at radius 1 is 1.37 bits per heavy atom. The van der Waals surface area contributed by atoms with Crippen LogP contribution in [-0.4, -0.2) is 49.6 Å². The van der Waals surface area contributed by atoms with E-state index in [-0.39, 0.29) is 29.8 Å². The molecule has 2 saturated carbocycles. The maximum Gasteiger partial charge on any atom is 0.317 e. The lowest BCUT2D eigenvalue weighted by Gasteiger charge is -2.42. The number of nitrogens with zero attached hydrogens (tertiary/aromatic N) is 2. The standard InChI is InChI=1S/C18H22FN3O4S/c19-15-4-3-13(14(5-15)8-20)11-27(25,26)21-16-6-17(7-16)22(10-18(23)24)9-12-1-2-12/h3-5,12,16-17,21H,1-2,6-7,9-11H2,(H,23,24). The number of hydrogen-bond acceptors (Lipinski definition) is 5. The highest BCUT2D eigenvalue weighted by Crippen LogP contribution is 2.34. The van der Waals surface area contributed by atoms with Crippen molar-refractivity contribution in [2.24, 2.45) is 5.92 Å². The number of rotatable bonds is 9. The van der Waals surface area contributed by atoms with Gasteiger partial charge in [0.2, 0.25) is 10.0 Å². The highest BCUT2D eigenvalue weighted by molar-refractivity contribution is 7.88. The minimum atomic E-state index is -3.68. The van der Waals surface area contributed by atoms with Crippen molar-refractivity contribution in [2.45, 2.75) is 43.5 Å². The molecule has 2 fully saturated rings. The van der Waals surface area contributed by atoms with Gasteiger partial charge in [-0.3, -0.25) is 9.69 Å². The molecule has 0 bridgehead atoms. The molecule has 0 aliphatic heterocycles. The highest BCUT2D eigenvalue weighted by Gasteiger charge is 2.38. The molecular weight excluding hydrogens is 373 g/mol. The molecule has 146 valence electrons. The van der Waals surface area contributed by atoms with Crippen LogP contribution in [0.15, 0.2) is 18.2 Å². The Morgan fingerprint density at radius 2 is 2.07 bits per heavy atom. The van der Waals surface area contributed by atoms with E-state index in [1.54, 1.807) is 0 Å². The van der Waals surface area contributed by atoms with E-state index in [0.717, 1.165) is 31.5 Å². The van der Waals surface area contributed by atoms with E-state index in [2.05, 4.69) is 4.72 Å². The van der Waals surface area contributed by atoms with Crippen molar-refractivity contribution in [3.05, 3.63) is 35.1 Å². The van der Waals surface area contributed by atoms with Gasteiger partial charge >= 0.3 is 5.97 Å². The van der Waals surface area contributed by atoms with Crippen molar-refractivity contribution in [2.75, 3.05) is 13.1 Å². The van der Waals surface area contributed by atoms with Crippen molar-refractivity contribution < 1.29 is 22.7 Å². The molecule has 1 aromatic rings. The molecule has 7 nitrogen and oxygen atoms in total. The Morgan fingerprint density at radius 3 is 2.67 bits per heavy atom. The normalized spacial score (nSPS) is 22.3. The van der Waals surface area contributed by atoms with Crippen LogP contribution in [0.4, 0.5) is 4.39 Å². The predicted molar refractivity (Wildman–Crippen MR) is 95.6 cm³/mol. The van der Waals surface area contributed by atoms with E-state index in [1.807, 2.05) is 11.0 Å². The second-order valence-electron chi connectivity index (χ2n) is 7.38. The molecular formula is C18H22FN3O4S. The number of hydrogen-bond donors (Lipinski definition) is 2. The van der Waals surface area contributed by atoms with Crippen LogP contribution in [0.5, 0.6) is 0 Å². The maximum atomic E-state index is 13.2. The van der Waals surface area contributed by atoms with Crippen LogP contribution in [-0.2, 0) is 20.6 Å². The summed E-state index contributed by atoms with van der Waals surface area (Å²) in [5.41, 5.74) is 0.257. The van der Waals surface area contributed by atoms with Gasteiger partial charge in [-0.25, -0.2) is 17.5 Å². The largest absolute Gasteiger partial charge is 0.480 e. The van der Waals surface area contributed by atoms with Gasteiger partial charge in [0, 0.05) is 18.6 Å². The molecule has 1 aromatic carbocycles. The molecule has 0 radical (unpaired) electrons. The molecule has 2 N–H and O–H groups in total. The molecule has 0 aromatic heterocycles. The number of nitriles is 1. The van der Waals surface area contributed by atoms with Crippen LogP contribution in [0.25, 0.3) is 0 Å². The van der Waals surface area contributed by atoms with Crippen molar-refractivity contribution >= 4 is 16.0 Å². The second-order valence-corrected chi connectivity index (χ2v) is 9.13. The van der Waals surface area contributed by atoms with E-state index in [4.69, 9.17) is 10.4 Å².